The maximum Gasteiger partial charge on any atom is 0.0863 e. The highest BCUT2D eigenvalue weighted by molar-refractivity contribution is 5.99. The van der Waals surface area contributed by atoms with Gasteiger partial charge in [0.1, 0.15) is 0 Å². The van der Waals surface area contributed by atoms with Gasteiger partial charge in [-0.05, 0) is 62.4 Å². The molecule has 0 saturated heterocycles. The second kappa shape index (κ2) is 8.08. The molecule has 0 spiro atoms. The third kappa shape index (κ3) is 5.21. The summed E-state index contributed by atoms with van der Waals surface area (Å²) in [7, 11) is 0. The van der Waals surface area contributed by atoms with Crippen LogP contribution < -0.4 is 10.5 Å². The summed E-state index contributed by atoms with van der Waals surface area (Å²) in [6.07, 6.45) is 2.69. The van der Waals surface area contributed by atoms with Crippen LogP contribution in [0.4, 0.5) is 5.69 Å². The lowest BCUT2D eigenvalue weighted by molar-refractivity contribution is -0.305. The number of hydrogen-bond acceptors (Lipinski definition) is 5. The first-order chi connectivity index (χ1) is 11.1. The number of rotatable bonds is 7. The fourth-order valence-electron chi connectivity index (χ4n) is 2.16. The highest BCUT2D eigenvalue weighted by atomic mass is 16.4. The molecule has 0 bridgehead atoms. The minimum atomic E-state index is -1.05. The molecule has 1 aromatic carbocycles. The standard InChI is InChI=1S/C18H21N3O2/c1-13-9-10-14(2)17(12-13)21-20-16(7-5-8-18(22)23)15-6-3-4-11-19-15/h3-4,6,9-12,21H,5,7-8H2,1-2H3,(H,22,23)/p-1/b20-16-. The number of aryl methyl sites for hydroxylation is 2. The first-order valence-corrected chi connectivity index (χ1v) is 7.57. The quantitative estimate of drug-likeness (QED) is 0.629. The number of benzene rings is 1. The maximum absolute atomic E-state index is 10.6. The Bertz CT molecular complexity index is 697. The number of carbonyl (C=O) groups is 1. The number of aromatic nitrogens is 1. The lowest BCUT2D eigenvalue weighted by Crippen LogP contribution is -2.22. The molecule has 2 rings (SSSR count). The summed E-state index contributed by atoms with van der Waals surface area (Å²) < 4.78 is 0. The van der Waals surface area contributed by atoms with Crippen LogP contribution in [0.3, 0.4) is 0 Å². The molecule has 23 heavy (non-hydrogen) atoms. The number of anilines is 1. The predicted molar refractivity (Wildman–Crippen MR) is 89.2 cm³/mol. The van der Waals surface area contributed by atoms with Crippen LogP contribution in [0.1, 0.15) is 36.1 Å². The lowest BCUT2D eigenvalue weighted by Gasteiger charge is -2.10. The van der Waals surface area contributed by atoms with E-state index in [1.54, 1.807) is 6.20 Å². The van der Waals surface area contributed by atoms with Gasteiger partial charge in [-0.2, -0.15) is 5.10 Å². The van der Waals surface area contributed by atoms with Crippen molar-refractivity contribution >= 4 is 17.4 Å². The van der Waals surface area contributed by atoms with Gasteiger partial charge in [-0.3, -0.25) is 10.4 Å². The number of nitrogens with one attached hydrogen (secondary N) is 1. The van der Waals surface area contributed by atoms with Crippen molar-refractivity contribution in [3.63, 3.8) is 0 Å². The first kappa shape index (κ1) is 16.7. The second-order valence-corrected chi connectivity index (χ2v) is 5.43. The monoisotopic (exact) mass is 310 g/mol. The van der Waals surface area contributed by atoms with Gasteiger partial charge in [-0.25, -0.2) is 0 Å². The average molecular weight is 310 g/mol. The van der Waals surface area contributed by atoms with Crippen molar-refractivity contribution in [1.82, 2.24) is 4.98 Å². The van der Waals surface area contributed by atoms with E-state index < -0.39 is 5.97 Å². The summed E-state index contributed by atoms with van der Waals surface area (Å²) in [5.41, 5.74) is 7.71. The molecular weight excluding hydrogens is 290 g/mol. The zero-order chi connectivity index (χ0) is 16.7. The second-order valence-electron chi connectivity index (χ2n) is 5.43. The van der Waals surface area contributed by atoms with Gasteiger partial charge in [0.05, 0.1) is 17.1 Å². The number of carboxylic acid groups (broad SMARTS) is 1. The number of hydrazone groups is 1. The van der Waals surface area contributed by atoms with Gasteiger partial charge >= 0.3 is 0 Å². The molecule has 0 unspecified atom stereocenters. The largest absolute Gasteiger partial charge is 0.550 e. The summed E-state index contributed by atoms with van der Waals surface area (Å²) in [4.78, 5) is 14.9. The van der Waals surface area contributed by atoms with Gasteiger partial charge in [0.2, 0.25) is 0 Å². The van der Waals surface area contributed by atoms with Crippen LogP contribution in [0.15, 0.2) is 47.7 Å². The van der Waals surface area contributed by atoms with Crippen LogP contribution in [0.25, 0.3) is 0 Å². The van der Waals surface area contributed by atoms with Crippen LogP contribution in [0.5, 0.6) is 0 Å². The average Bonchev–Trinajstić information content (AvgIpc) is 2.54. The molecule has 1 heterocycles. The molecule has 0 fully saturated rings. The van der Waals surface area contributed by atoms with E-state index in [4.69, 9.17) is 0 Å². The topological polar surface area (TPSA) is 77.4 Å². The van der Waals surface area contributed by atoms with Crippen molar-refractivity contribution in [2.45, 2.75) is 33.1 Å². The smallest absolute Gasteiger partial charge is 0.0863 e. The van der Waals surface area contributed by atoms with Crippen molar-refractivity contribution in [2.75, 3.05) is 5.43 Å². The van der Waals surface area contributed by atoms with Gasteiger partial charge in [0.15, 0.2) is 0 Å². The first-order valence-electron chi connectivity index (χ1n) is 7.57. The molecule has 0 aliphatic carbocycles. The van der Waals surface area contributed by atoms with Gasteiger partial charge < -0.3 is 9.90 Å². The van der Waals surface area contributed by atoms with Crippen LogP contribution in [0.2, 0.25) is 0 Å². The van der Waals surface area contributed by atoms with Crippen molar-refractivity contribution in [3.05, 3.63) is 59.4 Å². The van der Waals surface area contributed by atoms with Crippen molar-refractivity contribution < 1.29 is 9.90 Å². The molecule has 1 N–H and O–H groups in total. The molecule has 120 valence electrons. The van der Waals surface area contributed by atoms with E-state index in [1.807, 2.05) is 50.2 Å². The molecule has 1 aromatic heterocycles. The van der Waals surface area contributed by atoms with Crippen LogP contribution in [-0.2, 0) is 4.79 Å². The number of hydrogen-bond donors (Lipinski definition) is 1. The number of carboxylic acids is 1. The Balaban J connectivity index is 2.18. The van der Waals surface area contributed by atoms with Crippen LogP contribution in [-0.4, -0.2) is 16.7 Å². The van der Waals surface area contributed by atoms with Crippen molar-refractivity contribution in [2.24, 2.45) is 5.10 Å². The summed E-state index contributed by atoms with van der Waals surface area (Å²) in [6, 6.07) is 11.7. The Kier molecular flexibility index (Phi) is 5.86. The highest BCUT2D eigenvalue weighted by Gasteiger charge is 2.06. The normalized spacial score (nSPS) is 11.3. The molecule has 0 radical (unpaired) electrons. The molecule has 0 amide bonds. The molecule has 2 aromatic rings. The van der Waals surface area contributed by atoms with Crippen LogP contribution >= 0.6 is 0 Å². The van der Waals surface area contributed by atoms with E-state index in [1.165, 1.54) is 0 Å². The highest BCUT2D eigenvalue weighted by Crippen LogP contribution is 2.17. The van der Waals surface area contributed by atoms with Gasteiger partial charge in [0.25, 0.3) is 0 Å². The van der Waals surface area contributed by atoms with E-state index in [2.05, 4.69) is 15.5 Å². The number of carbonyl (C=O) groups excluding carboxylic acids is 1. The van der Waals surface area contributed by atoms with E-state index in [-0.39, 0.29) is 6.42 Å². The van der Waals surface area contributed by atoms with E-state index in [0.717, 1.165) is 28.2 Å². The lowest BCUT2D eigenvalue weighted by atomic mass is 10.1. The number of nitrogens with zero attached hydrogens (tertiary/aromatic N) is 2. The Morgan fingerprint density at radius 1 is 1.22 bits per heavy atom. The Labute approximate surface area is 136 Å². The van der Waals surface area contributed by atoms with E-state index in [0.29, 0.717) is 12.8 Å². The third-order valence-corrected chi connectivity index (χ3v) is 3.46. The maximum atomic E-state index is 10.6. The number of pyridine rings is 1. The van der Waals surface area contributed by atoms with Gasteiger partial charge in [-0.1, -0.05) is 18.2 Å². The summed E-state index contributed by atoms with van der Waals surface area (Å²) in [6.45, 7) is 4.03. The Morgan fingerprint density at radius 3 is 2.74 bits per heavy atom. The molecule has 5 nitrogen and oxygen atoms in total. The van der Waals surface area contributed by atoms with Gasteiger partial charge in [0, 0.05) is 12.2 Å². The minimum absolute atomic E-state index is 0.00925. The Hall–Kier alpha value is -2.69. The summed E-state index contributed by atoms with van der Waals surface area (Å²) >= 11 is 0. The van der Waals surface area contributed by atoms with E-state index >= 15 is 0 Å². The molecular formula is C18H20N3O2-. The molecule has 0 aliphatic rings. The Morgan fingerprint density at radius 2 is 2.04 bits per heavy atom. The van der Waals surface area contributed by atoms with Crippen LogP contribution in [0, 0.1) is 13.8 Å². The summed E-state index contributed by atoms with van der Waals surface area (Å²) in [5.74, 6) is -1.05. The van der Waals surface area contributed by atoms with E-state index in [9.17, 15) is 9.90 Å². The zero-order valence-electron chi connectivity index (χ0n) is 13.4. The van der Waals surface area contributed by atoms with Gasteiger partial charge in [-0.15, -0.1) is 0 Å². The fraction of sp³-hybridized carbons (Fsp3) is 0.278. The zero-order valence-corrected chi connectivity index (χ0v) is 13.4. The number of aliphatic carboxylic acids is 1. The van der Waals surface area contributed by atoms with Crippen molar-refractivity contribution in [1.29, 1.82) is 0 Å². The SMILES string of the molecule is Cc1ccc(C)c(N/N=C(/CCCC(=O)[O-])c2ccccn2)c1. The molecule has 5 heteroatoms. The summed E-state index contributed by atoms with van der Waals surface area (Å²) in [5, 5.41) is 15.1. The molecule has 0 saturated carbocycles. The molecule has 0 atom stereocenters. The van der Waals surface area contributed by atoms with Crippen molar-refractivity contribution in [3.8, 4) is 0 Å². The predicted octanol–water partition coefficient (Wildman–Crippen LogP) is 2.43. The fourth-order valence-corrected chi connectivity index (χ4v) is 2.16. The third-order valence-electron chi connectivity index (χ3n) is 3.46. The molecule has 0 aliphatic heterocycles. The minimum Gasteiger partial charge on any atom is -0.550 e.